The Morgan fingerprint density at radius 2 is 1.96 bits per heavy atom. The highest BCUT2D eigenvalue weighted by Gasteiger charge is 2.45. The summed E-state index contributed by atoms with van der Waals surface area (Å²) in [7, 11) is 0. The molecule has 0 unspecified atom stereocenters. The molecule has 0 radical (unpaired) electrons. The zero-order valence-corrected chi connectivity index (χ0v) is 14.8. The molecule has 0 aliphatic carbocycles. The summed E-state index contributed by atoms with van der Waals surface area (Å²) in [5.41, 5.74) is 0.499. The number of nitrogens with one attached hydrogen (secondary N) is 2. The van der Waals surface area contributed by atoms with Crippen molar-refractivity contribution in [3.05, 3.63) is 29.3 Å². The first kappa shape index (κ1) is 19.1. The van der Waals surface area contributed by atoms with Crippen LogP contribution in [0.15, 0.2) is 24.3 Å². The minimum Gasteiger partial charge on any atom is -0.481 e. The van der Waals surface area contributed by atoms with Gasteiger partial charge in [-0.3, -0.25) is 9.59 Å². The van der Waals surface area contributed by atoms with Gasteiger partial charge in [-0.15, -0.1) is 0 Å². The molecule has 136 valence electrons. The van der Waals surface area contributed by atoms with E-state index >= 15 is 0 Å². The number of carbonyl (C=O) groups excluding carboxylic acids is 2. The number of carboxylic acids is 1. The predicted octanol–water partition coefficient (Wildman–Crippen LogP) is 2.56. The van der Waals surface area contributed by atoms with E-state index in [1.165, 1.54) is 4.90 Å². The monoisotopic (exact) mass is 367 g/mol. The molecule has 3 amide bonds. The van der Waals surface area contributed by atoms with Crippen LogP contribution in [0.5, 0.6) is 0 Å². The molecule has 1 aromatic rings. The van der Waals surface area contributed by atoms with Gasteiger partial charge < -0.3 is 20.6 Å². The summed E-state index contributed by atoms with van der Waals surface area (Å²) >= 11 is 5.78. The van der Waals surface area contributed by atoms with Crippen LogP contribution in [-0.2, 0) is 9.59 Å². The highest BCUT2D eigenvalue weighted by Crippen LogP contribution is 2.20. The van der Waals surface area contributed by atoms with Gasteiger partial charge >= 0.3 is 12.0 Å². The smallest absolute Gasteiger partial charge is 0.319 e. The predicted molar refractivity (Wildman–Crippen MR) is 94.6 cm³/mol. The molecule has 3 N–H and O–H groups in total. The van der Waals surface area contributed by atoms with Crippen molar-refractivity contribution in [1.29, 1.82) is 0 Å². The number of benzene rings is 1. The van der Waals surface area contributed by atoms with E-state index < -0.39 is 24.0 Å². The molecular weight excluding hydrogens is 346 g/mol. The van der Waals surface area contributed by atoms with Crippen molar-refractivity contribution in [2.75, 3.05) is 18.4 Å². The number of nitrogens with zero attached hydrogens (tertiary/aromatic N) is 1. The number of aliphatic carboxylic acids is 1. The molecule has 0 saturated carbocycles. The lowest BCUT2D eigenvalue weighted by Crippen LogP contribution is -2.47. The summed E-state index contributed by atoms with van der Waals surface area (Å²) in [5, 5.41) is 15.0. The van der Waals surface area contributed by atoms with Gasteiger partial charge in [0, 0.05) is 23.8 Å². The van der Waals surface area contributed by atoms with Gasteiger partial charge in [0.05, 0.1) is 0 Å². The normalized spacial score (nSPS) is 19.8. The largest absolute Gasteiger partial charge is 0.481 e. The Balaban J connectivity index is 1.99. The molecule has 0 aromatic heterocycles. The maximum Gasteiger partial charge on any atom is 0.319 e. The molecule has 1 heterocycles. The second kappa shape index (κ2) is 8.71. The first-order valence-electron chi connectivity index (χ1n) is 8.27. The van der Waals surface area contributed by atoms with Crippen LogP contribution in [0.1, 0.15) is 26.2 Å². The summed E-state index contributed by atoms with van der Waals surface area (Å²) < 4.78 is 0. The molecule has 8 heteroatoms. The fraction of sp³-hybridized carbons (Fsp3) is 0.471. The van der Waals surface area contributed by atoms with Gasteiger partial charge in [0.15, 0.2) is 0 Å². The lowest BCUT2D eigenvalue weighted by Gasteiger charge is -2.17. The van der Waals surface area contributed by atoms with Crippen LogP contribution in [0, 0.1) is 5.92 Å². The number of unbranched alkanes of at least 4 members (excludes halogenated alkanes) is 2. The minimum atomic E-state index is -1.09. The summed E-state index contributed by atoms with van der Waals surface area (Å²) in [5.74, 6) is -2.40. The van der Waals surface area contributed by atoms with Gasteiger partial charge in [0.2, 0.25) is 5.91 Å². The third-order valence-electron chi connectivity index (χ3n) is 4.13. The maximum atomic E-state index is 12.4. The van der Waals surface area contributed by atoms with Crippen LogP contribution in [0.2, 0.25) is 5.02 Å². The number of amides is 3. The number of hydrogen-bond acceptors (Lipinski definition) is 3. The zero-order chi connectivity index (χ0) is 18.4. The van der Waals surface area contributed by atoms with E-state index in [9.17, 15) is 19.5 Å². The van der Waals surface area contributed by atoms with Gasteiger partial charge in [0.1, 0.15) is 12.0 Å². The first-order valence-corrected chi connectivity index (χ1v) is 8.65. The Kier molecular flexibility index (Phi) is 6.64. The van der Waals surface area contributed by atoms with E-state index in [0.29, 0.717) is 17.3 Å². The molecule has 1 fully saturated rings. The minimum absolute atomic E-state index is 0.115. The average molecular weight is 368 g/mol. The second-order valence-electron chi connectivity index (χ2n) is 6.02. The van der Waals surface area contributed by atoms with Crippen molar-refractivity contribution in [2.45, 2.75) is 32.2 Å². The van der Waals surface area contributed by atoms with E-state index in [-0.39, 0.29) is 12.5 Å². The van der Waals surface area contributed by atoms with E-state index in [4.69, 9.17) is 11.6 Å². The number of anilines is 1. The number of rotatable bonds is 7. The van der Waals surface area contributed by atoms with Crippen LogP contribution in [0.25, 0.3) is 0 Å². The molecule has 2 atom stereocenters. The molecule has 7 nitrogen and oxygen atoms in total. The molecule has 1 saturated heterocycles. The Labute approximate surface area is 151 Å². The Bertz CT molecular complexity index is 635. The molecule has 1 aliphatic rings. The number of urea groups is 1. The van der Waals surface area contributed by atoms with Crippen molar-refractivity contribution in [2.24, 2.45) is 5.92 Å². The third-order valence-corrected chi connectivity index (χ3v) is 4.39. The van der Waals surface area contributed by atoms with E-state index in [1.54, 1.807) is 24.3 Å². The van der Waals surface area contributed by atoms with Crippen molar-refractivity contribution < 1.29 is 19.5 Å². The highest BCUT2D eigenvalue weighted by atomic mass is 35.5. The van der Waals surface area contributed by atoms with Gasteiger partial charge in [-0.1, -0.05) is 31.4 Å². The molecule has 1 aliphatic heterocycles. The van der Waals surface area contributed by atoms with Gasteiger partial charge in [-0.05, 0) is 30.7 Å². The quantitative estimate of drug-likeness (QED) is 0.645. The Morgan fingerprint density at radius 1 is 1.28 bits per heavy atom. The van der Waals surface area contributed by atoms with Crippen LogP contribution >= 0.6 is 11.6 Å². The Morgan fingerprint density at radius 3 is 2.56 bits per heavy atom. The summed E-state index contributed by atoms with van der Waals surface area (Å²) in [6.45, 7) is 2.68. The second-order valence-corrected chi connectivity index (χ2v) is 6.46. The van der Waals surface area contributed by atoms with E-state index in [0.717, 1.165) is 19.3 Å². The van der Waals surface area contributed by atoms with Crippen molar-refractivity contribution in [1.82, 2.24) is 10.2 Å². The van der Waals surface area contributed by atoms with Crippen LogP contribution in [0.4, 0.5) is 10.5 Å². The lowest BCUT2D eigenvalue weighted by molar-refractivity contribution is -0.142. The molecule has 0 spiro atoms. The summed E-state index contributed by atoms with van der Waals surface area (Å²) in [4.78, 5) is 37.5. The number of hydrogen-bond donors (Lipinski definition) is 3. The molecule has 2 rings (SSSR count). The van der Waals surface area contributed by atoms with Crippen molar-refractivity contribution in [3.63, 3.8) is 0 Å². The number of carboxylic acid groups (broad SMARTS) is 1. The van der Waals surface area contributed by atoms with Crippen LogP contribution in [0.3, 0.4) is 0 Å². The van der Waals surface area contributed by atoms with Gasteiger partial charge in [-0.2, -0.15) is 0 Å². The molecule has 25 heavy (non-hydrogen) atoms. The molecule has 1 aromatic carbocycles. The van der Waals surface area contributed by atoms with E-state index in [1.807, 2.05) is 0 Å². The van der Waals surface area contributed by atoms with Gasteiger partial charge in [-0.25, -0.2) is 4.79 Å². The SMILES string of the molecule is CCCCCN1C[C@@H](C(=O)O)[C@H](NC(=O)Nc2ccc(Cl)cc2)C1=O. The summed E-state index contributed by atoms with van der Waals surface area (Å²) in [6, 6.07) is 4.78. The number of halogens is 1. The average Bonchev–Trinajstić information content (AvgIpc) is 2.87. The molecule has 0 bridgehead atoms. The molecular formula is C17H22ClN3O4. The fourth-order valence-corrected chi connectivity index (χ4v) is 2.91. The third kappa shape index (κ3) is 5.09. The Hall–Kier alpha value is -2.28. The van der Waals surface area contributed by atoms with Gasteiger partial charge in [0.25, 0.3) is 0 Å². The van der Waals surface area contributed by atoms with Crippen LogP contribution in [-0.4, -0.2) is 47.0 Å². The lowest BCUT2D eigenvalue weighted by atomic mass is 10.0. The first-order chi connectivity index (χ1) is 11.9. The number of carbonyl (C=O) groups is 3. The topological polar surface area (TPSA) is 98.7 Å². The van der Waals surface area contributed by atoms with E-state index in [2.05, 4.69) is 17.6 Å². The fourth-order valence-electron chi connectivity index (χ4n) is 2.78. The van der Waals surface area contributed by atoms with Crippen molar-refractivity contribution in [3.8, 4) is 0 Å². The zero-order valence-electron chi connectivity index (χ0n) is 14.0. The standard InChI is InChI=1S/C17H22ClN3O4/c1-2-3-4-9-21-10-13(16(23)24)14(15(21)22)20-17(25)19-12-7-5-11(18)6-8-12/h5-8,13-14H,2-4,9-10H2,1H3,(H,23,24)(H2,19,20,25)/t13-,14+/m1/s1. The highest BCUT2D eigenvalue weighted by molar-refractivity contribution is 6.30. The van der Waals surface area contributed by atoms with Crippen LogP contribution < -0.4 is 10.6 Å². The maximum absolute atomic E-state index is 12.4. The summed E-state index contributed by atoms with van der Waals surface area (Å²) in [6.07, 6.45) is 2.80. The number of likely N-dealkylation sites (tertiary alicyclic amines) is 1. The van der Waals surface area contributed by atoms with Crippen molar-refractivity contribution >= 4 is 35.2 Å².